The van der Waals surface area contributed by atoms with Crippen molar-refractivity contribution in [2.75, 3.05) is 18.7 Å². The first-order valence-electron chi connectivity index (χ1n) is 7.69. The van der Waals surface area contributed by atoms with Crippen LogP contribution >= 0.6 is 11.3 Å². The number of carbonyl (C=O) groups excluding carboxylic acids is 1. The van der Waals surface area contributed by atoms with Crippen molar-refractivity contribution in [2.45, 2.75) is 4.90 Å². The van der Waals surface area contributed by atoms with E-state index >= 15 is 0 Å². The number of nitrogens with zero attached hydrogens (tertiary/aromatic N) is 1. The number of anilines is 1. The predicted octanol–water partition coefficient (Wildman–Crippen LogP) is 3.61. The molecule has 2 aromatic carbocycles. The van der Waals surface area contributed by atoms with Crippen LogP contribution in [0.4, 0.5) is 9.52 Å². The lowest BCUT2D eigenvalue weighted by Crippen LogP contribution is -2.12. The number of thiazole rings is 1. The number of benzene rings is 2. The lowest BCUT2D eigenvalue weighted by Gasteiger charge is -2.06. The Morgan fingerprint density at radius 1 is 1.22 bits per heavy atom. The Balaban J connectivity index is 1.85. The molecule has 0 aliphatic rings. The van der Waals surface area contributed by atoms with Crippen molar-refractivity contribution >= 4 is 32.2 Å². The van der Waals surface area contributed by atoms with Crippen LogP contribution < -0.4 is 10.1 Å². The normalized spacial score (nSPS) is 11.2. The molecule has 1 amide bonds. The summed E-state index contributed by atoms with van der Waals surface area (Å²) >= 11 is 1.16. The van der Waals surface area contributed by atoms with E-state index in [1.54, 1.807) is 5.38 Å². The highest BCUT2D eigenvalue weighted by Gasteiger charge is 2.15. The average molecular weight is 406 g/mol. The predicted molar refractivity (Wildman–Crippen MR) is 102 cm³/mol. The number of halogens is 1. The molecule has 0 saturated heterocycles. The van der Waals surface area contributed by atoms with Crippen molar-refractivity contribution in [3.05, 3.63) is 59.2 Å². The van der Waals surface area contributed by atoms with Gasteiger partial charge >= 0.3 is 0 Å². The minimum absolute atomic E-state index is 0.0551. The summed E-state index contributed by atoms with van der Waals surface area (Å²) in [5.74, 6) is -0.463. The first-order valence-corrected chi connectivity index (χ1v) is 10.5. The van der Waals surface area contributed by atoms with Crippen molar-refractivity contribution in [1.29, 1.82) is 0 Å². The number of nitrogens with one attached hydrogen (secondary N) is 1. The second-order valence-electron chi connectivity index (χ2n) is 5.64. The molecule has 9 heteroatoms. The van der Waals surface area contributed by atoms with Gasteiger partial charge < -0.3 is 4.74 Å². The van der Waals surface area contributed by atoms with Crippen LogP contribution in [0, 0.1) is 5.82 Å². The average Bonchev–Trinajstić information content (AvgIpc) is 3.09. The van der Waals surface area contributed by atoms with Crippen LogP contribution in [-0.2, 0) is 9.84 Å². The number of hydrogen-bond acceptors (Lipinski definition) is 6. The zero-order valence-electron chi connectivity index (χ0n) is 14.4. The molecule has 140 valence electrons. The number of rotatable bonds is 5. The van der Waals surface area contributed by atoms with Gasteiger partial charge in [-0.3, -0.25) is 10.1 Å². The molecule has 0 fully saturated rings. The molecule has 3 rings (SSSR count). The Bertz CT molecular complexity index is 1110. The summed E-state index contributed by atoms with van der Waals surface area (Å²) in [6.07, 6.45) is 1.07. The number of ether oxygens (including phenoxy) is 1. The molecule has 6 nitrogen and oxygen atoms in total. The van der Waals surface area contributed by atoms with Gasteiger partial charge in [0.05, 0.1) is 17.7 Å². The number of hydrogen-bond donors (Lipinski definition) is 1. The van der Waals surface area contributed by atoms with E-state index in [1.165, 1.54) is 49.6 Å². The van der Waals surface area contributed by atoms with E-state index in [1.807, 2.05) is 0 Å². The van der Waals surface area contributed by atoms with Gasteiger partial charge in [-0.2, -0.15) is 0 Å². The Hall–Kier alpha value is -2.78. The number of carbonyl (C=O) groups is 1. The summed E-state index contributed by atoms with van der Waals surface area (Å²) in [6, 6.07) is 9.81. The molecule has 0 unspecified atom stereocenters. The molecule has 27 heavy (non-hydrogen) atoms. The molecule has 0 aliphatic carbocycles. The standard InChI is InChI=1S/C18H15FN2O4S2/c1-25-16-7-6-12(19)9-14(16)15-10-26-18(20-15)21-17(22)11-4-3-5-13(8-11)27(2,23)24/h3-10H,1-2H3,(H,20,21,22). The van der Waals surface area contributed by atoms with Gasteiger partial charge in [-0.05, 0) is 36.4 Å². The zero-order valence-corrected chi connectivity index (χ0v) is 16.0. The van der Waals surface area contributed by atoms with Crippen LogP contribution in [0.5, 0.6) is 5.75 Å². The summed E-state index contributed by atoms with van der Waals surface area (Å²) in [6.45, 7) is 0. The molecule has 1 N–H and O–H groups in total. The second kappa shape index (κ2) is 7.45. The highest BCUT2D eigenvalue weighted by atomic mass is 32.2. The molecule has 3 aromatic rings. The molecule has 1 aromatic heterocycles. The molecular formula is C18H15FN2O4S2. The fourth-order valence-corrected chi connectivity index (χ4v) is 3.74. The SMILES string of the molecule is COc1ccc(F)cc1-c1csc(NC(=O)c2cccc(S(C)(=O)=O)c2)n1. The number of sulfone groups is 1. The third-order valence-corrected chi connectivity index (χ3v) is 5.55. The summed E-state index contributed by atoms with van der Waals surface area (Å²) in [4.78, 5) is 16.7. The van der Waals surface area contributed by atoms with Crippen LogP contribution in [-0.4, -0.2) is 32.7 Å². The van der Waals surface area contributed by atoms with Gasteiger partial charge in [0.1, 0.15) is 11.6 Å². The van der Waals surface area contributed by atoms with Gasteiger partial charge in [-0.25, -0.2) is 17.8 Å². The Kier molecular flexibility index (Phi) is 5.24. The van der Waals surface area contributed by atoms with Gasteiger partial charge in [0, 0.05) is 22.8 Å². The highest BCUT2D eigenvalue weighted by Crippen LogP contribution is 2.32. The maximum absolute atomic E-state index is 13.5. The number of amides is 1. The Labute approximate surface area is 159 Å². The summed E-state index contributed by atoms with van der Waals surface area (Å²) in [5, 5.41) is 4.58. The van der Waals surface area contributed by atoms with E-state index in [0.717, 1.165) is 17.6 Å². The molecule has 0 bridgehead atoms. The highest BCUT2D eigenvalue weighted by molar-refractivity contribution is 7.90. The smallest absolute Gasteiger partial charge is 0.257 e. The van der Waals surface area contributed by atoms with Crippen molar-refractivity contribution < 1.29 is 22.3 Å². The Morgan fingerprint density at radius 2 is 2.00 bits per heavy atom. The van der Waals surface area contributed by atoms with E-state index in [2.05, 4.69) is 10.3 Å². The van der Waals surface area contributed by atoms with E-state index in [0.29, 0.717) is 22.1 Å². The number of methoxy groups -OCH3 is 1. The second-order valence-corrected chi connectivity index (χ2v) is 8.51. The van der Waals surface area contributed by atoms with Crippen LogP contribution in [0.1, 0.15) is 10.4 Å². The zero-order chi connectivity index (χ0) is 19.6. The minimum atomic E-state index is -3.42. The van der Waals surface area contributed by atoms with Crippen molar-refractivity contribution in [3.8, 4) is 17.0 Å². The molecule has 1 heterocycles. The summed E-state index contributed by atoms with van der Waals surface area (Å²) in [7, 11) is -1.95. The largest absolute Gasteiger partial charge is 0.496 e. The molecule has 0 radical (unpaired) electrons. The van der Waals surface area contributed by atoms with Gasteiger partial charge in [0.2, 0.25) is 0 Å². The third-order valence-electron chi connectivity index (χ3n) is 3.69. The van der Waals surface area contributed by atoms with Gasteiger partial charge in [0.15, 0.2) is 15.0 Å². The minimum Gasteiger partial charge on any atom is -0.496 e. The first-order chi connectivity index (χ1) is 12.8. The molecule has 0 atom stereocenters. The third kappa shape index (κ3) is 4.32. The van der Waals surface area contributed by atoms with E-state index < -0.39 is 21.6 Å². The molecular weight excluding hydrogens is 391 g/mol. The summed E-state index contributed by atoms with van der Waals surface area (Å²) in [5.41, 5.74) is 1.11. The van der Waals surface area contributed by atoms with Crippen LogP contribution in [0.25, 0.3) is 11.3 Å². The van der Waals surface area contributed by atoms with E-state index in [-0.39, 0.29) is 10.5 Å². The van der Waals surface area contributed by atoms with Gasteiger partial charge in [-0.15, -0.1) is 11.3 Å². The van der Waals surface area contributed by atoms with Crippen molar-refractivity contribution in [3.63, 3.8) is 0 Å². The maximum atomic E-state index is 13.5. The fraction of sp³-hybridized carbons (Fsp3) is 0.111. The van der Waals surface area contributed by atoms with E-state index in [9.17, 15) is 17.6 Å². The van der Waals surface area contributed by atoms with Gasteiger partial charge in [-0.1, -0.05) is 6.07 Å². The van der Waals surface area contributed by atoms with Crippen molar-refractivity contribution in [2.24, 2.45) is 0 Å². The molecule has 0 aliphatic heterocycles. The van der Waals surface area contributed by atoms with E-state index in [4.69, 9.17) is 4.74 Å². The monoisotopic (exact) mass is 406 g/mol. The lowest BCUT2D eigenvalue weighted by molar-refractivity contribution is 0.102. The fourth-order valence-electron chi connectivity index (χ4n) is 2.37. The lowest BCUT2D eigenvalue weighted by atomic mass is 10.1. The molecule has 0 spiro atoms. The molecule has 0 saturated carbocycles. The van der Waals surface area contributed by atoms with Crippen LogP contribution in [0.3, 0.4) is 0 Å². The quantitative estimate of drug-likeness (QED) is 0.700. The van der Waals surface area contributed by atoms with Gasteiger partial charge in [0.25, 0.3) is 5.91 Å². The first kappa shape index (κ1) is 19.0. The maximum Gasteiger partial charge on any atom is 0.257 e. The van der Waals surface area contributed by atoms with Crippen LogP contribution in [0.2, 0.25) is 0 Å². The Morgan fingerprint density at radius 3 is 2.70 bits per heavy atom. The van der Waals surface area contributed by atoms with Crippen molar-refractivity contribution in [1.82, 2.24) is 4.98 Å². The topological polar surface area (TPSA) is 85.4 Å². The van der Waals surface area contributed by atoms with Crippen LogP contribution in [0.15, 0.2) is 52.7 Å². The number of aromatic nitrogens is 1. The summed E-state index contributed by atoms with van der Waals surface area (Å²) < 4.78 is 42.0.